The van der Waals surface area contributed by atoms with Gasteiger partial charge in [0, 0.05) is 30.9 Å². The van der Waals surface area contributed by atoms with Crippen molar-refractivity contribution in [1.29, 1.82) is 5.26 Å². The average Bonchev–Trinajstić information content (AvgIpc) is 2.59. The van der Waals surface area contributed by atoms with E-state index in [2.05, 4.69) is 30.9 Å². The Morgan fingerprint density at radius 3 is 2.75 bits per heavy atom. The highest BCUT2D eigenvalue weighted by Crippen LogP contribution is 2.23. The zero-order valence-electron chi connectivity index (χ0n) is 9.74. The highest BCUT2D eigenvalue weighted by Gasteiger charge is 2.09. The van der Waals surface area contributed by atoms with Gasteiger partial charge in [0.1, 0.15) is 0 Å². The van der Waals surface area contributed by atoms with E-state index in [1.807, 2.05) is 6.07 Å². The molecule has 0 aliphatic rings. The SMILES string of the molecule is CC(C)CN(CCC#N)Cc1ccc(Cl)s1. The van der Waals surface area contributed by atoms with Gasteiger partial charge in [-0.3, -0.25) is 4.90 Å². The van der Waals surface area contributed by atoms with E-state index in [1.165, 1.54) is 4.88 Å². The molecule has 0 radical (unpaired) electrons. The Kier molecular flexibility index (Phi) is 5.83. The Bertz CT molecular complexity index is 354. The summed E-state index contributed by atoms with van der Waals surface area (Å²) < 4.78 is 0.833. The summed E-state index contributed by atoms with van der Waals surface area (Å²) in [4.78, 5) is 3.58. The lowest BCUT2D eigenvalue weighted by Crippen LogP contribution is -2.27. The van der Waals surface area contributed by atoms with Gasteiger partial charge in [-0.25, -0.2) is 0 Å². The quantitative estimate of drug-likeness (QED) is 0.775. The van der Waals surface area contributed by atoms with Crippen LogP contribution in [0, 0.1) is 17.2 Å². The van der Waals surface area contributed by atoms with Gasteiger partial charge in [-0.15, -0.1) is 11.3 Å². The van der Waals surface area contributed by atoms with Crippen LogP contribution in [-0.4, -0.2) is 18.0 Å². The normalized spacial score (nSPS) is 11.0. The molecular formula is C12H17ClN2S. The van der Waals surface area contributed by atoms with Gasteiger partial charge in [0.15, 0.2) is 0 Å². The molecule has 0 saturated carbocycles. The molecule has 0 N–H and O–H groups in total. The van der Waals surface area contributed by atoms with Gasteiger partial charge in [0.2, 0.25) is 0 Å². The second kappa shape index (κ2) is 6.90. The third kappa shape index (κ3) is 4.98. The summed E-state index contributed by atoms with van der Waals surface area (Å²) in [6.07, 6.45) is 0.589. The van der Waals surface area contributed by atoms with Crippen molar-refractivity contribution in [1.82, 2.24) is 4.90 Å². The van der Waals surface area contributed by atoms with Crippen molar-refractivity contribution in [3.05, 3.63) is 21.3 Å². The number of hydrogen-bond acceptors (Lipinski definition) is 3. The molecule has 0 spiro atoms. The summed E-state index contributed by atoms with van der Waals surface area (Å²) >= 11 is 7.52. The second-order valence-electron chi connectivity index (χ2n) is 4.24. The molecule has 0 aromatic carbocycles. The van der Waals surface area contributed by atoms with Crippen LogP contribution in [0.3, 0.4) is 0 Å². The Morgan fingerprint density at radius 1 is 1.50 bits per heavy atom. The van der Waals surface area contributed by atoms with Crippen LogP contribution in [0.5, 0.6) is 0 Å². The maximum Gasteiger partial charge on any atom is 0.0931 e. The van der Waals surface area contributed by atoms with Crippen LogP contribution in [0.2, 0.25) is 4.34 Å². The Labute approximate surface area is 106 Å². The van der Waals surface area contributed by atoms with Gasteiger partial charge in [-0.1, -0.05) is 25.4 Å². The number of nitrogens with zero attached hydrogens (tertiary/aromatic N) is 2. The van der Waals surface area contributed by atoms with E-state index in [9.17, 15) is 0 Å². The Balaban J connectivity index is 2.52. The van der Waals surface area contributed by atoms with Crippen LogP contribution in [0.4, 0.5) is 0 Å². The molecule has 0 amide bonds. The van der Waals surface area contributed by atoms with Crippen molar-refractivity contribution >= 4 is 22.9 Å². The predicted octanol–water partition coefficient (Wildman–Crippen LogP) is 3.77. The van der Waals surface area contributed by atoms with E-state index in [0.717, 1.165) is 24.0 Å². The monoisotopic (exact) mass is 256 g/mol. The van der Waals surface area contributed by atoms with Gasteiger partial charge in [0.25, 0.3) is 0 Å². The molecule has 0 fully saturated rings. The van der Waals surface area contributed by atoms with Gasteiger partial charge in [-0.2, -0.15) is 5.26 Å². The smallest absolute Gasteiger partial charge is 0.0931 e. The highest BCUT2D eigenvalue weighted by molar-refractivity contribution is 7.16. The molecule has 1 heterocycles. The fraction of sp³-hybridized carbons (Fsp3) is 0.583. The maximum absolute atomic E-state index is 8.62. The fourth-order valence-electron chi connectivity index (χ4n) is 1.62. The van der Waals surface area contributed by atoms with Crippen molar-refractivity contribution in [2.75, 3.05) is 13.1 Å². The molecule has 0 unspecified atom stereocenters. The van der Waals surface area contributed by atoms with E-state index < -0.39 is 0 Å². The van der Waals surface area contributed by atoms with E-state index in [0.29, 0.717) is 12.3 Å². The largest absolute Gasteiger partial charge is 0.297 e. The molecule has 2 nitrogen and oxygen atoms in total. The number of rotatable bonds is 6. The van der Waals surface area contributed by atoms with E-state index in [4.69, 9.17) is 16.9 Å². The zero-order valence-corrected chi connectivity index (χ0v) is 11.3. The second-order valence-corrected chi connectivity index (χ2v) is 6.04. The first-order chi connectivity index (χ1) is 7.61. The molecule has 0 saturated heterocycles. The van der Waals surface area contributed by atoms with Crippen LogP contribution in [0.25, 0.3) is 0 Å². The van der Waals surface area contributed by atoms with E-state index in [1.54, 1.807) is 11.3 Å². The van der Waals surface area contributed by atoms with Crippen LogP contribution < -0.4 is 0 Å². The average molecular weight is 257 g/mol. The summed E-state index contributed by atoms with van der Waals surface area (Å²) in [5, 5.41) is 8.62. The standard InChI is InChI=1S/C12H17ClN2S/c1-10(2)8-15(7-3-6-14)9-11-4-5-12(13)16-11/h4-5,10H,3,7-9H2,1-2H3. The van der Waals surface area contributed by atoms with Gasteiger partial charge in [-0.05, 0) is 18.1 Å². The van der Waals surface area contributed by atoms with E-state index >= 15 is 0 Å². The van der Waals surface area contributed by atoms with Crippen LogP contribution in [-0.2, 0) is 6.54 Å². The Hall–Kier alpha value is -0.560. The number of hydrogen-bond donors (Lipinski definition) is 0. The van der Waals surface area contributed by atoms with Gasteiger partial charge < -0.3 is 0 Å². The third-order valence-electron chi connectivity index (χ3n) is 2.17. The zero-order chi connectivity index (χ0) is 12.0. The fourth-order valence-corrected chi connectivity index (χ4v) is 2.75. The van der Waals surface area contributed by atoms with Crippen molar-refractivity contribution in [3.8, 4) is 6.07 Å². The molecule has 0 aliphatic carbocycles. The number of nitriles is 1. The molecule has 0 atom stereocenters. The minimum absolute atomic E-state index is 0.589. The highest BCUT2D eigenvalue weighted by atomic mass is 35.5. The Morgan fingerprint density at radius 2 is 2.25 bits per heavy atom. The lowest BCUT2D eigenvalue weighted by atomic mass is 10.2. The number of halogens is 1. The summed E-state index contributed by atoms with van der Waals surface area (Å²) in [5.41, 5.74) is 0. The first kappa shape index (κ1) is 13.5. The summed E-state index contributed by atoms with van der Waals surface area (Å²) in [5.74, 6) is 0.620. The minimum atomic E-state index is 0.589. The lowest BCUT2D eigenvalue weighted by molar-refractivity contribution is 0.243. The van der Waals surface area contributed by atoms with Crippen LogP contribution >= 0.6 is 22.9 Å². The van der Waals surface area contributed by atoms with Gasteiger partial charge >= 0.3 is 0 Å². The topological polar surface area (TPSA) is 27.0 Å². The van der Waals surface area contributed by atoms with Gasteiger partial charge in [0.05, 0.1) is 10.4 Å². The molecule has 1 rings (SSSR count). The van der Waals surface area contributed by atoms with Crippen LogP contribution in [0.15, 0.2) is 12.1 Å². The lowest BCUT2D eigenvalue weighted by Gasteiger charge is -2.22. The summed E-state index contributed by atoms with van der Waals surface area (Å²) in [6.45, 7) is 7.15. The molecule has 0 aliphatic heterocycles. The minimum Gasteiger partial charge on any atom is -0.297 e. The van der Waals surface area contributed by atoms with E-state index in [-0.39, 0.29) is 0 Å². The molecule has 4 heteroatoms. The molecule has 1 aromatic heterocycles. The molecule has 16 heavy (non-hydrogen) atoms. The van der Waals surface area contributed by atoms with Crippen molar-refractivity contribution < 1.29 is 0 Å². The summed E-state index contributed by atoms with van der Waals surface area (Å²) in [7, 11) is 0. The maximum atomic E-state index is 8.62. The first-order valence-electron chi connectivity index (χ1n) is 5.45. The van der Waals surface area contributed by atoms with Crippen molar-refractivity contribution in [2.45, 2.75) is 26.8 Å². The molecular weight excluding hydrogens is 240 g/mol. The van der Waals surface area contributed by atoms with Crippen molar-refractivity contribution in [2.24, 2.45) is 5.92 Å². The third-order valence-corrected chi connectivity index (χ3v) is 3.39. The molecule has 1 aromatic rings. The first-order valence-corrected chi connectivity index (χ1v) is 6.64. The molecule has 88 valence electrons. The predicted molar refractivity (Wildman–Crippen MR) is 69.7 cm³/mol. The molecule has 0 bridgehead atoms. The number of thiophene rings is 1. The summed E-state index contributed by atoms with van der Waals surface area (Å²) in [6, 6.07) is 6.19. The van der Waals surface area contributed by atoms with Crippen LogP contribution in [0.1, 0.15) is 25.1 Å². The van der Waals surface area contributed by atoms with Crippen molar-refractivity contribution in [3.63, 3.8) is 0 Å².